The number of nitriles is 1. The molecule has 204 valence electrons. The Labute approximate surface area is 227 Å². The summed E-state index contributed by atoms with van der Waals surface area (Å²) < 4.78 is 56.4. The summed E-state index contributed by atoms with van der Waals surface area (Å²) in [5.74, 6) is 2.76. The number of rotatable bonds is 7. The van der Waals surface area contributed by atoms with Gasteiger partial charge in [0.1, 0.15) is 5.56 Å². The fraction of sp³-hybridized carbons (Fsp3) is 0.107. The Hall–Kier alpha value is -4.89. The molecule has 2 aromatic heterocycles. The summed E-state index contributed by atoms with van der Waals surface area (Å²) in [6.07, 6.45) is 1.34. The number of nitrogens with zero attached hydrogens (tertiary/aromatic N) is 3. The minimum absolute atomic E-state index is 0.00933. The van der Waals surface area contributed by atoms with E-state index in [-0.39, 0.29) is 28.1 Å². The number of hydrogen-bond acceptors (Lipinski definition) is 5. The van der Waals surface area contributed by atoms with Gasteiger partial charge in [0, 0.05) is 42.1 Å². The standard InChI is InChI=1S/C28H22F3N5O3S/c1-18-25(20-4-3-5-21(14-20)28(29,30)31)26(37)24(16-36(18)22-10-12-33-13-11-22)27(38)34-15-19-6-8-23(9-7-19)40(2,39)35-17-32/h3-14,16H,2,15H2,1H3,(H,34,38)(H,35,39). The average Bonchev–Trinajstić information content (AvgIpc) is 2.92. The molecule has 0 fully saturated rings. The van der Waals surface area contributed by atoms with Gasteiger partial charge < -0.3 is 9.88 Å². The summed E-state index contributed by atoms with van der Waals surface area (Å²) >= 11 is 0. The van der Waals surface area contributed by atoms with Gasteiger partial charge in [-0.05, 0) is 60.3 Å². The molecule has 2 aromatic carbocycles. The van der Waals surface area contributed by atoms with Crippen LogP contribution in [-0.2, 0) is 22.4 Å². The molecule has 8 nitrogen and oxygen atoms in total. The first-order valence-electron chi connectivity index (χ1n) is 11.7. The van der Waals surface area contributed by atoms with Crippen molar-refractivity contribution in [2.45, 2.75) is 24.5 Å². The van der Waals surface area contributed by atoms with Crippen molar-refractivity contribution in [3.63, 3.8) is 0 Å². The van der Waals surface area contributed by atoms with Crippen molar-refractivity contribution in [3.8, 4) is 23.0 Å². The number of halogens is 3. The number of pyridine rings is 2. The zero-order valence-electron chi connectivity index (χ0n) is 21.0. The molecule has 0 saturated carbocycles. The Morgan fingerprint density at radius 2 is 1.80 bits per heavy atom. The first-order valence-corrected chi connectivity index (χ1v) is 13.4. The largest absolute Gasteiger partial charge is 0.416 e. The van der Waals surface area contributed by atoms with Crippen LogP contribution in [0.15, 0.2) is 88.9 Å². The highest BCUT2D eigenvalue weighted by molar-refractivity contribution is 7.98. The van der Waals surface area contributed by atoms with Gasteiger partial charge in [0.2, 0.25) is 5.43 Å². The lowest BCUT2D eigenvalue weighted by atomic mass is 9.98. The predicted octanol–water partition coefficient (Wildman–Crippen LogP) is 4.22. The minimum Gasteiger partial charge on any atom is -0.348 e. The molecule has 2 heterocycles. The zero-order chi connectivity index (χ0) is 29.1. The number of aromatic nitrogens is 2. The first kappa shape index (κ1) is 28.1. The second-order valence-corrected chi connectivity index (χ2v) is 10.7. The molecule has 1 amide bonds. The third-order valence-electron chi connectivity index (χ3n) is 6.08. The number of alkyl halides is 3. The van der Waals surface area contributed by atoms with Crippen molar-refractivity contribution >= 4 is 21.5 Å². The van der Waals surface area contributed by atoms with Crippen molar-refractivity contribution in [3.05, 3.63) is 112 Å². The Kier molecular flexibility index (Phi) is 7.79. The monoisotopic (exact) mass is 565 g/mol. The molecule has 4 rings (SSSR count). The zero-order valence-corrected chi connectivity index (χ0v) is 21.8. The molecule has 12 heteroatoms. The fourth-order valence-electron chi connectivity index (χ4n) is 4.07. The summed E-state index contributed by atoms with van der Waals surface area (Å²) in [4.78, 5) is 31.1. The van der Waals surface area contributed by atoms with Crippen LogP contribution >= 0.6 is 0 Å². The van der Waals surface area contributed by atoms with Crippen LogP contribution in [0.3, 0.4) is 0 Å². The fourth-order valence-corrected chi connectivity index (χ4v) is 4.91. The number of benzene rings is 2. The van der Waals surface area contributed by atoms with E-state index in [0.29, 0.717) is 16.9 Å². The average molecular weight is 566 g/mol. The lowest BCUT2D eigenvalue weighted by molar-refractivity contribution is -0.137. The Balaban J connectivity index is 1.74. The second-order valence-electron chi connectivity index (χ2n) is 8.70. The summed E-state index contributed by atoms with van der Waals surface area (Å²) in [6.45, 7) is 1.58. The van der Waals surface area contributed by atoms with Crippen molar-refractivity contribution in [1.82, 2.24) is 19.6 Å². The van der Waals surface area contributed by atoms with Crippen LogP contribution < -0.4 is 15.5 Å². The maximum Gasteiger partial charge on any atom is 0.416 e. The van der Waals surface area contributed by atoms with Gasteiger partial charge in [-0.15, -0.1) is 0 Å². The van der Waals surface area contributed by atoms with Crippen LogP contribution in [0.25, 0.3) is 16.8 Å². The van der Waals surface area contributed by atoms with Crippen LogP contribution in [0.2, 0.25) is 0 Å². The summed E-state index contributed by atoms with van der Waals surface area (Å²) in [5.41, 5.74) is -0.459. The van der Waals surface area contributed by atoms with Crippen molar-refractivity contribution in [2.75, 3.05) is 0 Å². The second kappa shape index (κ2) is 11.1. The van der Waals surface area contributed by atoms with Crippen molar-refractivity contribution in [2.24, 2.45) is 0 Å². The van der Waals surface area contributed by atoms with E-state index in [1.165, 1.54) is 42.9 Å². The van der Waals surface area contributed by atoms with Crippen LogP contribution in [-0.4, -0.2) is 25.5 Å². The molecular weight excluding hydrogens is 543 g/mol. The van der Waals surface area contributed by atoms with Crippen molar-refractivity contribution < 1.29 is 22.2 Å². The van der Waals surface area contributed by atoms with Gasteiger partial charge in [-0.2, -0.15) is 18.4 Å². The van der Waals surface area contributed by atoms with Crippen LogP contribution in [0.5, 0.6) is 0 Å². The van der Waals surface area contributed by atoms with E-state index in [0.717, 1.165) is 12.1 Å². The summed E-state index contributed by atoms with van der Waals surface area (Å²) in [7, 11) is -3.00. The third-order valence-corrected chi connectivity index (χ3v) is 7.54. The molecule has 0 saturated heterocycles. The van der Waals surface area contributed by atoms with E-state index >= 15 is 0 Å². The minimum atomic E-state index is -4.62. The molecule has 0 radical (unpaired) electrons. The van der Waals surface area contributed by atoms with Gasteiger partial charge in [-0.3, -0.25) is 14.6 Å². The molecule has 0 aliphatic carbocycles. The molecule has 40 heavy (non-hydrogen) atoms. The number of carbonyl (C=O) groups is 1. The number of hydrogen-bond donors (Lipinski definition) is 2. The molecule has 1 atom stereocenters. The van der Waals surface area contributed by atoms with Gasteiger partial charge in [0.05, 0.1) is 20.2 Å². The highest BCUT2D eigenvalue weighted by atomic mass is 32.2. The van der Waals surface area contributed by atoms with E-state index in [1.807, 2.05) is 0 Å². The van der Waals surface area contributed by atoms with Gasteiger partial charge in [0.15, 0.2) is 6.19 Å². The maximum absolute atomic E-state index is 13.6. The van der Waals surface area contributed by atoms with Crippen LogP contribution in [0.1, 0.15) is 27.2 Å². The summed E-state index contributed by atoms with van der Waals surface area (Å²) in [6, 6.07) is 13.8. The highest BCUT2D eigenvalue weighted by Gasteiger charge is 2.31. The first-order chi connectivity index (χ1) is 18.9. The Morgan fingerprint density at radius 3 is 2.42 bits per heavy atom. The molecule has 1 unspecified atom stereocenters. The molecule has 0 aliphatic rings. The van der Waals surface area contributed by atoms with Gasteiger partial charge in [0.25, 0.3) is 5.91 Å². The van der Waals surface area contributed by atoms with Gasteiger partial charge in [-0.1, -0.05) is 24.3 Å². The van der Waals surface area contributed by atoms with Crippen LogP contribution in [0.4, 0.5) is 13.2 Å². The predicted molar refractivity (Wildman–Crippen MR) is 145 cm³/mol. The Bertz CT molecular complexity index is 1780. The molecule has 2 N–H and O–H groups in total. The van der Waals surface area contributed by atoms with Gasteiger partial charge >= 0.3 is 6.18 Å². The number of carbonyl (C=O) groups excluding carboxylic acids is 1. The molecule has 0 spiro atoms. The van der Waals surface area contributed by atoms with Crippen molar-refractivity contribution in [1.29, 1.82) is 5.26 Å². The van der Waals surface area contributed by atoms with E-state index < -0.39 is 32.8 Å². The van der Waals surface area contributed by atoms with E-state index in [9.17, 15) is 27.0 Å². The third kappa shape index (κ3) is 5.89. The SMILES string of the molecule is C=S(=O)(NC#N)c1ccc(CNC(=O)c2cn(-c3ccncc3)c(C)c(-c3cccc(C(F)(F)F)c3)c2=O)cc1. The Morgan fingerprint density at radius 1 is 1.12 bits per heavy atom. The molecule has 0 aliphatic heterocycles. The molecular formula is C28H22F3N5O3S. The van der Waals surface area contributed by atoms with Crippen LogP contribution in [0, 0.1) is 18.4 Å². The van der Waals surface area contributed by atoms with E-state index in [1.54, 1.807) is 41.9 Å². The number of nitrogens with one attached hydrogen (secondary N) is 2. The lowest BCUT2D eigenvalue weighted by Crippen LogP contribution is -2.30. The quantitative estimate of drug-likeness (QED) is 0.198. The normalized spacial score (nSPS) is 12.7. The maximum atomic E-state index is 13.6. The lowest BCUT2D eigenvalue weighted by Gasteiger charge is -2.18. The molecule has 4 aromatic rings. The highest BCUT2D eigenvalue weighted by Crippen LogP contribution is 2.32. The van der Waals surface area contributed by atoms with Gasteiger partial charge in [-0.25, -0.2) is 8.93 Å². The molecule has 0 bridgehead atoms. The van der Waals surface area contributed by atoms with E-state index in [2.05, 4.69) is 20.9 Å². The van der Waals surface area contributed by atoms with E-state index in [4.69, 9.17) is 5.26 Å². The summed E-state index contributed by atoms with van der Waals surface area (Å²) in [5, 5.41) is 11.4. The number of amides is 1. The topological polar surface area (TPSA) is 117 Å². The smallest absolute Gasteiger partial charge is 0.348 e.